The van der Waals surface area contributed by atoms with E-state index in [9.17, 15) is 4.79 Å². The van der Waals surface area contributed by atoms with E-state index >= 15 is 0 Å². The molecule has 0 unspecified atom stereocenters. The first-order valence-corrected chi connectivity index (χ1v) is 4.67. The number of aliphatic hydroxyl groups is 1. The third kappa shape index (κ3) is 4.24. The van der Waals surface area contributed by atoms with Crippen molar-refractivity contribution < 1.29 is 9.90 Å². The van der Waals surface area contributed by atoms with Gasteiger partial charge in [0.2, 0.25) is 5.91 Å². The third-order valence-corrected chi connectivity index (χ3v) is 1.85. The number of aliphatic hydroxyl groups excluding tert-OH is 1. The van der Waals surface area contributed by atoms with Crippen LogP contribution in [0.3, 0.4) is 0 Å². The molecule has 78 valence electrons. The maximum Gasteiger partial charge on any atom is 0.239 e. The molecule has 0 aromatic heterocycles. The molecule has 0 fully saturated rings. The minimum absolute atomic E-state index is 0.0524. The second-order valence-electron chi connectivity index (χ2n) is 3.49. The molecule has 4 nitrogen and oxygen atoms in total. The van der Waals surface area contributed by atoms with Gasteiger partial charge < -0.3 is 15.7 Å². The molecule has 0 spiro atoms. The lowest BCUT2D eigenvalue weighted by molar-refractivity contribution is -0.134. The van der Waals surface area contributed by atoms with Gasteiger partial charge >= 0.3 is 0 Å². The van der Waals surface area contributed by atoms with Crippen molar-refractivity contribution in [3.05, 3.63) is 0 Å². The molecule has 0 saturated heterocycles. The van der Waals surface area contributed by atoms with Crippen LogP contribution in [0.4, 0.5) is 0 Å². The Kier molecular flexibility index (Phi) is 5.66. The highest BCUT2D eigenvalue weighted by Gasteiger charge is 2.19. The van der Waals surface area contributed by atoms with Crippen LogP contribution in [0.5, 0.6) is 0 Å². The van der Waals surface area contributed by atoms with Crippen LogP contribution in [0.25, 0.3) is 0 Å². The first-order chi connectivity index (χ1) is 6.00. The van der Waals surface area contributed by atoms with Gasteiger partial charge in [-0.1, -0.05) is 0 Å². The van der Waals surface area contributed by atoms with E-state index < -0.39 is 6.04 Å². The molecule has 3 N–H and O–H groups in total. The van der Waals surface area contributed by atoms with E-state index in [2.05, 4.69) is 0 Å². The smallest absolute Gasteiger partial charge is 0.239 e. The minimum Gasteiger partial charge on any atom is -0.396 e. The molecule has 0 aromatic rings. The predicted molar refractivity (Wildman–Crippen MR) is 52.2 cm³/mol. The Morgan fingerprint density at radius 2 is 2.00 bits per heavy atom. The predicted octanol–water partition coefficient (Wildman–Crippen LogP) is -0.0470. The number of amides is 1. The van der Waals surface area contributed by atoms with E-state index in [-0.39, 0.29) is 18.6 Å². The zero-order valence-corrected chi connectivity index (χ0v) is 8.66. The summed E-state index contributed by atoms with van der Waals surface area (Å²) in [5.41, 5.74) is 5.49. The summed E-state index contributed by atoms with van der Waals surface area (Å²) >= 11 is 0. The van der Waals surface area contributed by atoms with Gasteiger partial charge in [-0.25, -0.2) is 0 Å². The van der Waals surface area contributed by atoms with Gasteiger partial charge in [-0.3, -0.25) is 4.79 Å². The Morgan fingerprint density at radius 3 is 2.31 bits per heavy atom. The molecule has 4 heteroatoms. The van der Waals surface area contributed by atoms with Crippen LogP contribution in [0, 0.1) is 0 Å². The summed E-state index contributed by atoms with van der Waals surface area (Å²) in [6, 6.07) is -0.314. The van der Waals surface area contributed by atoms with Crippen molar-refractivity contribution >= 4 is 5.91 Å². The van der Waals surface area contributed by atoms with Crippen LogP contribution in [0.2, 0.25) is 0 Å². The molecule has 1 atom stereocenters. The van der Waals surface area contributed by atoms with Crippen LogP contribution in [-0.4, -0.2) is 41.1 Å². The van der Waals surface area contributed by atoms with Crippen molar-refractivity contribution in [3.63, 3.8) is 0 Å². The number of carbonyl (C=O) groups excluding carboxylic acids is 1. The summed E-state index contributed by atoms with van der Waals surface area (Å²) in [5.74, 6) is -0.0524. The summed E-state index contributed by atoms with van der Waals surface area (Å²) in [7, 11) is 0. The second kappa shape index (κ2) is 5.94. The fraction of sp³-hybridized carbons (Fsp3) is 0.889. The molecular weight excluding hydrogens is 168 g/mol. The highest BCUT2D eigenvalue weighted by Crippen LogP contribution is 2.02. The Labute approximate surface area is 79.7 Å². The number of nitrogens with zero attached hydrogens (tertiary/aromatic N) is 1. The monoisotopic (exact) mass is 188 g/mol. The van der Waals surface area contributed by atoms with Crippen molar-refractivity contribution in [2.45, 2.75) is 39.3 Å². The van der Waals surface area contributed by atoms with Gasteiger partial charge in [-0.05, 0) is 27.2 Å². The van der Waals surface area contributed by atoms with Crippen molar-refractivity contribution in [2.24, 2.45) is 5.73 Å². The molecule has 0 rings (SSSR count). The van der Waals surface area contributed by atoms with E-state index in [1.807, 2.05) is 13.8 Å². The zero-order chi connectivity index (χ0) is 10.4. The van der Waals surface area contributed by atoms with Crippen LogP contribution in [-0.2, 0) is 4.79 Å². The molecule has 0 saturated carbocycles. The summed E-state index contributed by atoms with van der Waals surface area (Å²) in [5, 5.41) is 8.65. The van der Waals surface area contributed by atoms with Crippen LogP contribution >= 0.6 is 0 Å². The molecule has 0 aliphatic carbocycles. The van der Waals surface area contributed by atoms with Gasteiger partial charge in [0.15, 0.2) is 0 Å². The first-order valence-electron chi connectivity index (χ1n) is 4.67. The largest absolute Gasteiger partial charge is 0.396 e. The molecule has 0 bridgehead atoms. The number of hydrogen-bond donors (Lipinski definition) is 2. The van der Waals surface area contributed by atoms with Crippen LogP contribution in [0.15, 0.2) is 0 Å². The third-order valence-electron chi connectivity index (χ3n) is 1.85. The average molecular weight is 188 g/mol. The lowest BCUT2D eigenvalue weighted by atomic mass is 10.2. The maximum absolute atomic E-state index is 11.5. The number of carbonyl (C=O) groups is 1. The highest BCUT2D eigenvalue weighted by molar-refractivity contribution is 5.81. The van der Waals surface area contributed by atoms with Gasteiger partial charge in [0, 0.05) is 19.2 Å². The minimum atomic E-state index is -0.457. The Hall–Kier alpha value is -0.610. The normalized spacial score (nSPS) is 13.1. The van der Waals surface area contributed by atoms with Gasteiger partial charge in [0.1, 0.15) is 0 Å². The number of nitrogens with two attached hydrogens (primary N) is 1. The van der Waals surface area contributed by atoms with Crippen LogP contribution < -0.4 is 5.73 Å². The van der Waals surface area contributed by atoms with Gasteiger partial charge in [-0.2, -0.15) is 0 Å². The lowest BCUT2D eigenvalue weighted by Crippen LogP contribution is -2.46. The quantitative estimate of drug-likeness (QED) is 0.636. The highest BCUT2D eigenvalue weighted by atomic mass is 16.3. The average Bonchev–Trinajstić information content (AvgIpc) is 2.04. The molecule has 0 aliphatic rings. The van der Waals surface area contributed by atoms with E-state index in [4.69, 9.17) is 10.8 Å². The molecule has 0 aromatic carbocycles. The molecule has 0 heterocycles. The molecular formula is C9H20N2O2. The van der Waals surface area contributed by atoms with Crippen molar-refractivity contribution in [2.75, 3.05) is 13.2 Å². The van der Waals surface area contributed by atoms with Crippen LogP contribution in [0.1, 0.15) is 27.2 Å². The fourth-order valence-corrected chi connectivity index (χ4v) is 1.13. The summed E-state index contributed by atoms with van der Waals surface area (Å²) in [4.78, 5) is 13.2. The van der Waals surface area contributed by atoms with Gasteiger partial charge in [0.25, 0.3) is 0 Å². The standard InChI is InChI=1S/C9H20N2O2/c1-7(2)11(5-4-6-12)9(13)8(3)10/h7-8,12H,4-6,10H2,1-3H3/t8-/m1/s1. The van der Waals surface area contributed by atoms with E-state index in [1.165, 1.54) is 0 Å². The zero-order valence-electron chi connectivity index (χ0n) is 8.66. The Balaban J connectivity index is 4.16. The Bertz CT molecular complexity index is 158. The van der Waals surface area contributed by atoms with Crippen molar-refractivity contribution in [1.82, 2.24) is 4.90 Å². The molecule has 0 radical (unpaired) electrons. The molecule has 1 amide bonds. The first kappa shape index (κ1) is 12.4. The lowest BCUT2D eigenvalue weighted by Gasteiger charge is -2.28. The van der Waals surface area contributed by atoms with E-state index in [0.29, 0.717) is 13.0 Å². The summed E-state index contributed by atoms with van der Waals surface area (Å²) in [6.07, 6.45) is 0.608. The number of rotatable bonds is 5. The maximum atomic E-state index is 11.5. The van der Waals surface area contributed by atoms with E-state index in [1.54, 1.807) is 11.8 Å². The SMILES string of the molecule is CC(C)N(CCCO)C(=O)[C@@H](C)N. The molecule has 0 aliphatic heterocycles. The number of hydrogen-bond acceptors (Lipinski definition) is 3. The molecule has 13 heavy (non-hydrogen) atoms. The fourth-order valence-electron chi connectivity index (χ4n) is 1.13. The second-order valence-corrected chi connectivity index (χ2v) is 3.49. The Morgan fingerprint density at radius 1 is 1.46 bits per heavy atom. The van der Waals surface area contributed by atoms with Gasteiger partial charge in [-0.15, -0.1) is 0 Å². The van der Waals surface area contributed by atoms with Gasteiger partial charge in [0.05, 0.1) is 6.04 Å². The summed E-state index contributed by atoms with van der Waals surface area (Å²) in [6.45, 7) is 6.25. The van der Waals surface area contributed by atoms with Crippen molar-refractivity contribution in [3.8, 4) is 0 Å². The van der Waals surface area contributed by atoms with Crippen molar-refractivity contribution in [1.29, 1.82) is 0 Å². The topological polar surface area (TPSA) is 66.6 Å². The van der Waals surface area contributed by atoms with E-state index in [0.717, 1.165) is 0 Å². The summed E-state index contributed by atoms with van der Waals surface area (Å²) < 4.78 is 0.